The molecule has 0 aliphatic carbocycles. The van der Waals surface area contributed by atoms with E-state index in [4.69, 9.17) is 4.74 Å². The summed E-state index contributed by atoms with van der Waals surface area (Å²) in [6.45, 7) is 9.68. The van der Waals surface area contributed by atoms with Crippen LogP contribution < -0.4 is 5.32 Å². The Bertz CT molecular complexity index is 368. The van der Waals surface area contributed by atoms with Crippen molar-refractivity contribution in [1.82, 2.24) is 5.32 Å². The van der Waals surface area contributed by atoms with Crippen molar-refractivity contribution in [3.8, 4) is 0 Å². The number of hydrogen-bond donors (Lipinski definition) is 1. The van der Waals surface area contributed by atoms with Crippen LogP contribution in [0.5, 0.6) is 0 Å². The predicted octanol–water partition coefficient (Wildman–Crippen LogP) is 3.97. The lowest BCUT2D eigenvalue weighted by atomic mass is 9.95. The van der Waals surface area contributed by atoms with Gasteiger partial charge in [0.25, 0.3) is 0 Å². The summed E-state index contributed by atoms with van der Waals surface area (Å²) in [5, 5.41) is 3.43. The number of halogens is 1. The highest BCUT2D eigenvalue weighted by atomic mass is 19.1. The summed E-state index contributed by atoms with van der Waals surface area (Å²) in [6, 6.07) is 7.07. The molecule has 2 nitrogen and oxygen atoms in total. The summed E-state index contributed by atoms with van der Waals surface area (Å²) in [6.07, 6.45) is 1.88. The molecule has 1 aromatic carbocycles. The molecule has 114 valence electrons. The Morgan fingerprint density at radius 3 is 2.55 bits per heavy atom. The monoisotopic (exact) mass is 281 g/mol. The van der Waals surface area contributed by atoms with E-state index in [1.165, 1.54) is 6.07 Å². The van der Waals surface area contributed by atoms with E-state index in [1.807, 2.05) is 12.1 Å². The van der Waals surface area contributed by atoms with Gasteiger partial charge in [0, 0.05) is 25.7 Å². The standard InChI is InChI=1S/C17H28FNO/c1-4-10-20-11-9-15(13-19-12-14(2)3)16-7-5-6-8-17(16)18/h5-8,14-15,19H,4,9-13H2,1-3H3. The number of hydrogen-bond acceptors (Lipinski definition) is 2. The van der Waals surface area contributed by atoms with Gasteiger partial charge in [-0.05, 0) is 36.9 Å². The minimum Gasteiger partial charge on any atom is -0.381 e. The summed E-state index contributed by atoms with van der Waals surface area (Å²) in [5.74, 6) is 0.666. The van der Waals surface area contributed by atoms with Gasteiger partial charge in [0.05, 0.1) is 0 Å². The third-order valence-corrected chi connectivity index (χ3v) is 3.25. The molecule has 0 aliphatic rings. The molecular formula is C17H28FNO. The number of rotatable bonds is 10. The SMILES string of the molecule is CCCOCCC(CNCC(C)C)c1ccccc1F. The molecule has 0 aliphatic heterocycles. The summed E-state index contributed by atoms with van der Waals surface area (Å²) in [4.78, 5) is 0. The van der Waals surface area contributed by atoms with Crippen molar-refractivity contribution in [3.05, 3.63) is 35.6 Å². The van der Waals surface area contributed by atoms with Crippen molar-refractivity contribution in [2.75, 3.05) is 26.3 Å². The Balaban J connectivity index is 2.56. The second-order valence-corrected chi connectivity index (χ2v) is 5.67. The van der Waals surface area contributed by atoms with E-state index in [0.717, 1.165) is 38.1 Å². The van der Waals surface area contributed by atoms with Crippen LogP contribution in [-0.4, -0.2) is 26.3 Å². The van der Waals surface area contributed by atoms with E-state index in [2.05, 4.69) is 26.1 Å². The van der Waals surface area contributed by atoms with Crippen LogP contribution in [0.25, 0.3) is 0 Å². The van der Waals surface area contributed by atoms with Gasteiger partial charge in [-0.25, -0.2) is 4.39 Å². The fourth-order valence-electron chi connectivity index (χ4n) is 2.19. The van der Waals surface area contributed by atoms with Crippen molar-refractivity contribution >= 4 is 0 Å². The molecule has 0 aromatic heterocycles. The Hall–Kier alpha value is -0.930. The Labute approximate surface area is 122 Å². The maximum Gasteiger partial charge on any atom is 0.126 e. The van der Waals surface area contributed by atoms with Crippen LogP contribution in [0.4, 0.5) is 4.39 Å². The minimum atomic E-state index is -0.112. The first-order valence-electron chi connectivity index (χ1n) is 7.68. The summed E-state index contributed by atoms with van der Waals surface area (Å²) in [5.41, 5.74) is 0.795. The van der Waals surface area contributed by atoms with E-state index in [1.54, 1.807) is 6.07 Å². The third kappa shape index (κ3) is 6.49. The van der Waals surface area contributed by atoms with Gasteiger partial charge in [0.1, 0.15) is 5.82 Å². The predicted molar refractivity (Wildman–Crippen MR) is 82.6 cm³/mol. The Morgan fingerprint density at radius 2 is 1.90 bits per heavy atom. The fourth-order valence-corrected chi connectivity index (χ4v) is 2.19. The van der Waals surface area contributed by atoms with Gasteiger partial charge in [-0.1, -0.05) is 39.0 Å². The van der Waals surface area contributed by atoms with Crippen molar-refractivity contribution in [1.29, 1.82) is 0 Å². The molecule has 1 N–H and O–H groups in total. The van der Waals surface area contributed by atoms with Crippen LogP contribution in [0.1, 0.15) is 45.1 Å². The van der Waals surface area contributed by atoms with Gasteiger partial charge in [0.15, 0.2) is 0 Å². The maximum atomic E-state index is 13.9. The summed E-state index contributed by atoms with van der Waals surface area (Å²) < 4.78 is 19.5. The van der Waals surface area contributed by atoms with Crippen LogP contribution in [0, 0.1) is 11.7 Å². The second-order valence-electron chi connectivity index (χ2n) is 5.67. The van der Waals surface area contributed by atoms with Crippen LogP contribution in [0.2, 0.25) is 0 Å². The zero-order valence-electron chi connectivity index (χ0n) is 13.0. The van der Waals surface area contributed by atoms with Crippen molar-refractivity contribution in [3.63, 3.8) is 0 Å². The molecule has 0 amide bonds. The molecule has 0 saturated carbocycles. The zero-order chi connectivity index (χ0) is 14.8. The number of benzene rings is 1. The van der Waals surface area contributed by atoms with Gasteiger partial charge in [-0.2, -0.15) is 0 Å². The van der Waals surface area contributed by atoms with Gasteiger partial charge in [-0.3, -0.25) is 0 Å². The van der Waals surface area contributed by atoms with Gasteiger partial charge in [-0.15, -0.1) is 0 Å². The van der Waals surface area contributed by atoms with Crippen LogP contribution >= 0.6 is 0 Å². The summed E-state index contributed by atoms with van der Waals surface area (Å²) >= 11 is 0. The molecule has 0 bridgehead atoms. The molecule has 1 aromatic rings. The molecule has 0 spiro atoms. The molecule has 0 heterocycles. The molecule has 3 heteroatoms. The topological polar surface area (TPSA) is 21.3 Å². The minimum absolute atomic E-state index is 0.112. The Kier molecular flexibility index (Phi) is 8.47. The van der Waals surface area contributed by atoms with E-state index in [9.17, 15) is 4.39 Å². The molecular weight excluding hydrogens is 253 g/mol. The highest BCUT2D eigenvalue weighted by Crippen LogP contribution is 2.22. The molecule has 20 heavy (non-hydrogen) atoms. The van der Waals surface area contributed by atoms with E-state index >= 15 is 0 Å². The van der Waals surface area contributed by atoms with Crippen LogP contribution in [-0.2, 0) is 4.74 Å². The fraction of sp³-hybridized carbons (Fsp3) is 0.647. The van der Waals surface area contributed by atoms with Crippen molar-refractivity contribution in [2.45, 2.75) is 39.5 Å². The van der Waals surface area contributed by atoms with E-state index in [-0.39, 0.29) is 11.7 Å². The molecule has 0 saturated heterocycles. The lowest BCUT2D eigenvalue weighted by molar-refractivity contribution is 0.127. The van der Waals surface area contributed by atoms with Gasteiger partial charge >= 0.3 is 0 Å². The maximum absolute atomic E-state index is 13.9. The Morgan fingerprint density at radius 1 is 1.15 bits per heavy atom. The largest absolute Gasteiger partial charge is 0.381 e. The van der Waals surface area contributed by atoms with Gasteiger partial charge < -0.3 is 10.1 Å². The van der Waals surface area contributed by atoms with E-state index in [0.29, 0.717) is 12.5 Å². The van der Waals surface area contributed by atoms with Crippen molar-refractivity contribution < 1.29 is 9.13 Å². The molecule has 0 radical (unpaired) electrons. The van der Waals surface area contributed by atoms with Crippen LogP contribution in [0.15, 0.2) is 24.3 Å². The molecule has 1 unspecified atom stereocenters. The highest BCUT2D eigenvalue weighted by Gasteiger charge is 2.15. The quantitative estimate of drug-likeness (QED) is 0.655. The normalized spacial score (nSPS) is 12.8. The van der Waals surface area contributed by atoms with Gasteiger partial charge in [0.2, 0.25) is 0 Å². The second kappa shape index (κ2) is 9.89. The van der Waals surface area contributed by atoms with Crippen molar-refractivity contribution in [2.24, 2.45) is 5.92 Å². The molecule has 1 atom stereocenters. The number of ether oxygens (including phenoxy) is 1. The lowest BCUT2D eigenvalue weighted by Crippen LogP contribution is -2.26. The first kappa shape index (κ1) is 17.1. The third-order valence-electron chi connectivity index (χ3n) is 3.25. The number of nitrogens with one attached hydrogen (secondary N) is 1. The molecule has 1 rings (SSSR count). The molecule has 0 fully saturated rings. The average molecular weight is 281 g/mol. The zero-order valence-corrected chi connectivity index (χ0v) is 13.0. The highest BCUT2D eigenvalue weighted by molar-refractivity contribution is 5.22. The smallest absolute Gasteiger partial charge is 0.126 e. The first-order chi connectivity index (χ1) is 9.65. The van der Waals surface area contributed by atoms with E-state index < -0.39 is 0 Å². The summed E-state index contributed by atoms with van der Waals surface area (Å²) in [7, 11) is 0. The first-order valence-corrected chi connectivity index (χ1v) is 7.68. The van der Waals surface area contributed by atoms with Crippen LogP contribution in [0.3, 0.4) is 0 Å². The average Bonchev–Trinajstić information content (AvgIpc) is 2.42. The lowest BCUT2D eigenvalue weighted by Gasteiger charge is -2.19.